The molecule has 2 rings (SSSR count). The Morgan fingerprint density at radius 2 is 1.68 bits per heavy atom. The van der Waals surface area contributed by atoms with E-state index in [4.69, 9.17) is 4.74 Å². The van der Waals surface area contributed by atoms with Crippen LogP contribution in [0.1, 0.15) is 47.9 Å². The predicted molar refractivity (Wildman–Crippen MR) is 99.2 cm³/mol. The van der Waals surface area contributed by atoms with Crippen molar-refractivity contribution in [3.63, 3.8) is 0 Å². The topological polar surface area (TPSA) is 67.4 Å². The minimum Gasteiger partial charge on any atom is -0.493 e. The molecular formula is C20H24N2O3. The van der Waals surface area contributed by atoms with Crippen molar-refractivity contribution in [3.8, 4) is 5.75 Å². The summed E-state index contributed by atoms with van der Waals surface area (Å²) in [6, 6.07) is 14.0. The third-order valence-electron chi connectivity index (χ3n) is 3.42. The molecule has 0 aliphatic heterocycles. The highest BCUT2D eigenvalue weighted by Crippen LogP contribution is 2.20. The summed E-state index contributed by atoms with van der Waals surface area (Å²) >= 11 is 0. The maximum absolute atomic E-state index is 12.5. The van der Waals surface area contributed by atoms with E-state index >= 15 is 0 Å². The lowest BCUT2D eigenvalue weighted by Crippen LogP contribution is -2.30. The largest absolute Gasteiger partial charge is 0.493 e. The van der Waals surface area contributed by atoms with Crippen LogP contribution in [-0.4, -0.2) is 24.5 Å². The summed E-state index contributed by atoms with van der Waals surface area (Å²) in [6.07, 6.45) is 0.871. The maximum atomic E-state index is 12.5. The fourth-order valence-corrected chi connectivity index (χ4v) is 2.24. The lowest BCUT2D eigenvalue weighted by atomic mass is 10.1. The van der Waals surface area contributed by atoms with Crippen molar-refractivity contribution < 1.29 is 14.3 Å². The molecule has 0 heterocycles. The Morgan fingerprint density at radius 3 is 2.32 bits per heavy atom. The van der Waals surface area contributed by atoms with Gasteiger partial charge in [0.2, 0.25) is 0 Å². The van der Waals surface area contributed by atoms with Crippen LogP contribution in [0, 0.1) is 0 Å². The highest BCUT2D eigenvalue weighted by atomic mass is 16.5. The molecule has 0 saturated heterocycles. The van der Waals surface area contributed by atoms with Crippen LogP contribution >= 0.6 is 0 Å². The number of anilines is 1. The van der Waals surface area contributed by atoms with Gasteiger partial charge in [-0.05, 0) is 56.7 Å². The highest BCUT2D eigenvalue weighted by molar-refractivity contribution is 6.06. The van der Waals surface area contributed by atoms with Crippen molar-refractivity contribution in [3.05, 3.63) is 59.7 Å². The van der Waals surface area contributed by atoms with Gasteiger partial charge in [0.1, 0.15) is 5.75 Å². The van der Waals surface area contributed by atoms with Gasteiger partial charge in [0, 0.05) is 17.3 Å². The molecule has 0 spiro atoms. The van der Waals surface area contributed by atoms with E-state index in [1.807, 2.05) is 26.8 Å². The van der Waals surface area contributed by atoms with Gasteiger partial charge in [-0.25, -0.2) is 0 Å². The number of benzene rings is 2. The SMILES string of the molecule is CCCOc1ccccc1C(=O)Nc1ccc(C(=O)NC(C)C)cc1. The number of para-hydroxylation sites is 1. The molecule has 2 aromatic rings. The lowest BCUT2D eigenvalue weighted by Gasteiger charge is -2.12. The van der Waals surface area contributed by atoms with E-state index in [0.29, 0.717) is 29.2 Å². The molecule has 2 aromatic carbocycles. The van der Waals surface area contributed by atoms with Crippen LogP contribution in [0.3, 0.4) is 0 Å². The van der Waals surface area contributed by atoms with Crippen molar-refractivity contribution in [2.45, 2.75) is 33.2 Å². The molecule has 0 saturated carbocycles. The number of hydrogen-bond acceptors (Lipinski definition) is 3. The number of carbonyl (C=O) groups is 2. The first kappa shape index (κ1) is 18.5. The van der Waals surface area contributed by atoms with E-state index in [-0.39, 0.29) is 17.9 Å². The zero-order valence-electron chi connectivity index (χ0n) is 14.8. The smallest absolute Gasteiger partial charge is 0.259 e. The van der Waals surface area contributed by atoms with Gasteiger partial charge < -0.3 is 15.4 Å². The van der Waals surface area contributed by atoms with Crippen molar-refractivity contribution in [1.82, 2.24) is 5.32 Å². The number of amides is 2. The second-order valence-electron chi connectivity index (χ2n) is 6.00. The molecule has 0 aromatic heterocycles. The molecule has 5 nitrogen and oxygen atoms in total. The Hall–Kier alpha value is -2.82. The molecule has 0 radical (unpaired) electrons. The Kier molecular flexibility index (Phi) is 6.57. The number of ether oxygens (including phenoxy) is 1. The van der Waals surface area contributed by atoms with Gasteiger partial charge in [0.05, 0.1) is 12.2 Å². The van der Waals surface area contributed by atoms with E-state index in [2.05, 4.69) is 10.6 Å². The van der Waals surface area contributed by atoms with Crippen LogP contribution in [0.4, 0.5) is 5.69 Å². The van der Waals surface area contributed by atoms with Crippen LogP contribution in [0.15, 0.2) is 48.5 Å². The molecule has 2 amide bonds. The predicted octanol–water partition coefficient (Wildman–Crippen LogP) is 3.87. The number of rotatable bonds is 7. The number of carbonyl (C=O) groups excluding carboxylic acids is 2. The molecule has 0 fully saturated rings. The molecule has 0 bridgehead atoms. The Balaban J connectivity index is 2.07. The summed E-state index contributed by atoms with van der Waals surface area (Å²) in [5, 5.41) is 5.66. The summed E-state index contributed by atoms with van der Waals surface area (Å²) in [5.41, 5.74) is 1.66. The first-order chi connectivity index (χ1) is 12.0. The average molecular weight is 340 g/mol. The second kappa shape index (κ2) is 8.87. The molecule has 0 unspecified atom stereocenters. The number of nitrogens with one attached hydrogen (secondary N) is 2. The zero-order valence-corrected chi connectivity index (χ0v) is 14.8. The van der Waals surface area contributed by atoms with E-state index in [1.54, 1.807) is 42.5 Å². The van der Waals surface area contributed by atoms with Crippen LogP contribution < -0.4 is 15.4 Å². The Bertz CT molecular complexity index is 724. The minimum absolute atomic E-state index is 0.0755. The van der Waals surface area contributed by atoms with E-state index in [0.717, 1.165) is 6.42 Å². The second-order valence-corrected chi connectivity index (χ2v) is 6.00. The number of hydrogen-bond donors (Lipinski definition) is 2. The fourth-order valence-electron chi connectivity index (χ4n) is 2.24. The van der Waals surface area contributed by atoms with E-state index in [9.17, 15) is 9.59 Å². The lowest BCUT2D eigenvalue weighted by molar-refractivity contribution is 0.0942. The van der Waals surface area contributed by atoms with Crippen molar-refractivity contribution in [2.24, 2.45) is 0 Å². The molecule has 0 aliphatic carbocycles. The molecular weight excluding hydrogens is 316 g/mol. The standard InChI is InChI=1S/C20H24N2O3/c1-4-13-25-18-8-6-5-7-17(18)20(24)22-16-11-9-15(10-12-16)19(23)21-14(2)3/h5-12,14H,4,13H2,1-3H3,(H,21,23)(H,22,24). The Morgan fingerprint density at radius 1 is 1.00 bits per heavy atom. The quantitative estimate of drug-likeness (QED) is 0.804. The molecule has 25 heavy (non-hydrogen) atoms. The third kappa shape index (κ3) is 5.35. The van der Waals surface area contributed by atoms with Crippen LogP contribution in [-0.2, 0) is 0 Å². The van der Waals surface area contributed by atoms with Gasteiger partial charge >= 0.3 is 0 Å². The summed E-state index contributed by atoms with van der Waals surface area (Å²) in [4.78, 5) is 24.4. The molecule has 0 aliphatic rings. The van der Waals surface area contributed by atoms with Gasteiger partial charge in [-0.3, -0.25) is 9.59 Å². The van der Waals surface area contributed by atoms with Gasteiger partial charge in [0.15, 0.2) is 0 Å². The van der Waals surface area contributed by atoms with Crippen molar-refractivity contribution in [1.29, 1.82) is 0 Å². The summed E-state index contributed by atoms with van der Waals surface area (Å²) in [7, 11) is 0. The van der Waals surface area contributed by atoms with Gasteiger partial charge in [0.25, 0.3) is 11.8 Å². The summed E-state index contributed by atoms with van der Waals surface area (Å²) in [5.74, 6) is 0.187. The fraction of sp³-hybridized carbons (Fsp3) is 0.300. The first-order valence-electron chi connectivity index (χ1n) is 8.45. The van der Waals surface area contributed by atoms with Crippen molar-refractivity contribution in [2.75, 3.05) is 11.9 Å². The molecule has 132 valence electrons. The van der Waals surface area contributed by atoms with Crippen LogP contribution in [0.5, 0.6) is 5.75 Å². The zero-order chi connectivity index (χ0) is 18.2. The summed E-state index contributed by atoms with van der Waals surface area (Å²) < 4.78 is 5.62. The highest BCUT2D eigenvalue weighted by Gasteiger charge is 2.13. The van der Waals surface area contributed by atoms with E-state index in [1.165, 1.54) is 0 Å². The minimum atomic E-state index is -0.244. The summed E-state index contributed by atoms with van der Waals surface area (Å²) in [6.45, 7) is 6.39. The third-order valence-corrected chi connectivity index (χ3v) is 3.42. The normalized spacial score (nSPS) is 10.4. The van der Waals surface area contributed by atoms with Crippen molar-refractivity contribution >= 4 is 17.5 Å². The van der Waals surface area contributed by atoms with Gasteiger partial charge in [-0.15, -0.1) is 0 Å². The molecule has 0 atom stereocenters. The van der Waals surface area contributed by atoms with Gasteiger partial charge in [-0.1, -0.05) is 19.1 Å². The first-order valence-corrected chi connectivity index (χ1v) is 8.45. The monoisotopic (exact) mass is 340 g/mol. The molecule has 5 heteroatoms. The van der Waals surface area contributed by atoms with Gasteiger partial charge in [-0.2, -0.15) is 0 Å². The van der Waals surface area contributed by atoms with Crippen LogP contribution in [0.2, 0.25) is 0 Å². The van der Waals surface area contributed by atoms with E-state index < -0.39 is 0 Å². The maximum Gasteiger partial charge on any atom is 0.259 e. The molecule has 2 N–H and O–H groups in total. The van der Waals surface area contributed by atoms with Crippen LogP contribution in [0.25, 0.3) is 0 Å². The average Bonchev–Trinajstić information content (AvgIpc) is 2.60. The Labute approximate surface area is 148 Å².